The molecule has 1 aromatic rings. The average molecular weight is 194 g/mol. The zero-order valence-electron chi connectivity index (χ0n) is 9.33. The highest BCUT2D eigenvalue weighted by atomic mass is 16.5. The fraction of sp³-hybridized carbons (Fsp3) is 0.417. The number of esters is 1. The highest BCUT2D eigenvalue weighted by Crippen LogP contribution is 2.07. The summed E-state index contributed by atoms with van der Waals surface area (Å²) < 4.78 is 4.87. The second kappa shape index (κ2) is 7.13. The van der Waals surface area contributed by atoms with Gasteiger partial charge in [0.2, 0.25) is 0 Å². The normalized spacial score (nSPS) is 8.57. The van der Waals surface area contributed by atoms with E-state index in [0.717, 1.165) is 5.56 Å². The van der Waals surface area contributed by atoms with Crippen LogP contribution in [0.15, 0.2) is 24.3 Å². The highest BCUT2D eigenvalue weighted by molar-refractivity contribution is 5.90. The largest absolute Gasteiger partial charge is 0.462 e. The molecule has 0 aliphatic heterocycles. The Morgan fingerprint density at radius 2 is 1.86 bits per heavy atom. The van der Waals surface area contributed by atoms with E-state index in [1.54, 1.807) is 13.0 Å². The lowest BCUT2D eigenvalue weighted by atomic mass is 10.1. The van der Waals surface area contributed by atoms with Crippen molar-refractivity contribution in [1.82, 2.24) is 0 Å². The predicted molar refractivity (Wildman–Crippen MR) is 58.5 cm³/mol. The van der Waals surface area contributed by atoms with Crippen molar-refractivity contribution >= 4 is 5.97 Å². The maximum atomic E-state index is 11.2. The summed E-state index contributed by atoms with van der Waals surface area (Å²) in [6.07, 6.45) is 0. The molecule has 0 aliphatic rings. The minimum absolute atomic E-state index is 0.240. The summed E-state index contributed by atoms with van der Waals surface area (Å²) >= 11 is 0. The van der Waals surface area contributed by atoms with Gasteiger partial charge in [0, 0.05) is 0 Å². The molecule has 78 valence electrons. The Kier molecular flexibility index (Phi) is 6.46. The Morgan fingerprint density at radius 1 is 1.29 bits per heavy atom. The highest BCUT2D eigenvalue weighted by Gasteiger charge is 2.07. The number of hydrogen-bond donors (Lipinski definition) is 0. The Balaban J connectivity index is 0.000000791. The molecule has 14 heavy (non-hydrogen) atoms. The van der Waals surface area contributed by atoms with Crippen molar-refractivity contribution in [1.29, 1.82) is 0 Å². The molecule has 0 spiro atoms. The minimum Gasteiger partial charge on any atom is -0.462 e. The summed E-state index contributed by atoms with van der Waals surface area (Å²) in [7, 11) is 0. The van der Waals surface area contributed by atoms with E-state index >= 15 is 0 Å². The summed E-state index contributed by atoms with van der Waals surface area (Å²) in [5, 5.41) is 0. The van der Waals surface area contributed by atoms with E-state index in [4.69, 9.17) is 4.74 Å². The Hall–Kier alpha value is -1.31. The standard InChI is InChI=1S/C10H12O2.C2H6/c1-3-12-10(11)9-7-5-4-6-8(9)2;1-2/h4-7H,3H2,1-2H3;1-2H3. The van der Waals surface area contributed by atoms with Crippen molar-refractivity contribution in [3.05, 3.63) is 35.4 Å². The van der Waals surface area contributed by atoms with Crippen molar-refractivity contribution in [3.63, 3.8) is 0 Å². The van der Waals surface area contributed by atoms with Crippen LogP contribution in [-0.4, -0.2) is 12.6 Å². The van der Waals surface area contributed by atoms with Crippen molar-refractivity contribution < 1.29 is 9.53 Å². The van der Waals surface area contributed by atoms with Gasteiger partial charge >= 0.3 is 5.97 Å². The summed E-state index contributed by atoms with van der Waals surface area (Å²) in [5.74, 6) is -0.240. The molecule has 0 heterocycles. The van der Waals surface area contributed by atoms with E-state index in [9.17, 15) is 4.79 Å². The van der Waals surface area contributed by atoms with Gasteiger partial charge in [0.15, 0.2) is 0 Å². The molecule has 0 bridgehead atoms. The lowest BCUT2D eigenvalue weighted by Crippen LogP contribution is -2.05. The van der Waals surface area contributed by atoms with E-state index in [2.05, 4.69) is 0 Å². The fourth-order valence-corrected chi connectivity index (χ4v) is 1.01. The van der Waals surface area contributed by atoms with Crippen LogP contribution in [0.4, 0.5) is 0 Å². The monoisotopic (exact) mass is 194 g/mol. The molecule has 0 radical (unpaired) electrons. The van der Waals surface area contributed by atoms with Gasteiger partial charge in [-0.05, 0) is 25.5 Å². The van der Waals surface area contributed by atoms with Crippen LogP contribution in [0.25, 0.3) is 0 Å². The molecule has 0 amide bonds. The number of aryl methyl sites for hydroxylation is 1. The molecule has 0 aliphatic carbocycles. The molecule has 0 saturated carbocycles. The smallest absolute Gasteiger partial charge is 0.338 e. The van der Waals surface area contributed by atoms with Gasteiger partial charge in [0.25, 0.3) is 0 Å². The number of rotatable bonds is 2. The van der Waals surface area contributed by atoms with E-state index in [0.29, 0.717) is 12.2 Å². The second-order valence-electron chi connectivity index (χ2n) is 2.54. The van der Waals surface area contributed by atoms with Gasteiger partial charge in [-0.25, -0.2) is 4.79 Å². The molecule has 0 saturated heterocycles. The molecular formula is C12H18O2. The van der Waals surface area contributed by atoms with Crippen molar-refractivity contribution in [3.8, 4) is 0 Å². The van der Waals surface area contributed by atoms with Crippen LogP contribution >= 0.6 is 0 Å². The van der Waals surface area contributed by atoms with Gasteiger partial charge in [-0.2, -0.15) is 0 Å². The van der Waals surface area contributed by atoms with E-state index < -0.39 is 0 Å². The molecule has 1 rings (SSSR count). The Labute approximate surface area is 85.9 Å². The summed E-state index contributed by atoms with van der Waals surface area (Å²) in [6.45, 7) is 8.12. The molecule has 0 unspecified atom stereocenters. The first-order valence-electron chi connectivity index (χ1n) is 4.98. The van der Waals surface area contributed by atoms with Crippen LogP contribution in [0, 0.1) is 6.92 Å². The van der Waals surface area contributed by atoms with Crippen molar-refractivity contribution in [2.75, 3.05) is 6.61 Å². The fourth-order valence-electron chi connectivity index (χ4n) is 1.01. The first-order valence-corrected chi connectivity index (χ1v) is 4.98. The number of carbonyl (C=O) groups is 1. The second-order valence-corrected chi connectivity index (χ2v) is 2.54. The van der Waals surface area contributed by atoms with E-state index in [-0.39, 0.29) is 5.97 Å². The van der Waals surface area contributed by atoms with Gasteiger partial charge in [-0.15, -0.1) is 0 Å². The van der Waals surface area contributed by atoms with Gasteiger partial charge in [-0.3, -0.25) is 0 Å². The van der Waals surface area contributed by atoms with Gasteiger partial charge < -0.3 is 4.74 Å². The maximum absolute atomic E-state index is 11.2. The van der Waals surface area contributed by atoms with Crippen LogP contribution in [-0.2, 0) is 4.74 Å². The summed E-state index contributed by atoms with van der Waals surface area (Å²) in [6, 6.07) is 7.40. The number of ether oxygens (including phenoxy) is 1. The van der Waals surface area contributed by atoms with Gasteiger partial charge in [0.05, 0.1) is 12.2 Å². The number of carbonyl (C=O) groups excluding carboxylic acids is 1. The quantitative estimate of drug-likeness (QED) is 0.676. The zero-order chi connectivity index (χ0) is 11.0. The van der Waals surface area contributed by atoms with Crippen molar-refractivity contribution in [2.24, 2.45) is 0 Å². The third-order valence-electron chi connectivity index (χ3n) is 1.64. The zero-order valence-corrected chi connectivity index (χ0v) is 9.33. The first-order chi connectivity index (χ1) is 6.75. The Bertz CT molecular complexity index is 279. The van der Waals surface area contributed by atoms with Gasteiger partial charge in [-0.1, -0.05) is 32.0 Å². The van der Waals surface area contributed by atoms with E-state index in [1.807, 2.05) is 39.0 Å². The van der Waals surface area contributed by atoms with Crippen LogP contribution in [0.3, 0.4) is 0 Å². The number of benzene rings is 1. The predicted octanol–water partition coefficient (Wildman–Crippen LogP) is 3.20. The maximum Gasteiger partial charge on any atom is 0.338 e. The first kappa shape index (κ1) is 12.7. The summed E-state index contributed by atoms with van der Waals surface area (Å²) in [5.41, 5.74) is 1.61. The summed E-state index contributed by atoms with van der Waals surface area (Å²) in [4.78, 5) is 11.2. The van der Waals surface area contributed by atoms with Crippen molar-refractivity contribution in [2.45, 2.75) is 27.7 Å². The van der Waals surface area contributed by atoms with Crippen LogP contribution < -0.4 is 0 Å². The molecular weight excluding hydrogens is 176 g/mol. The molecule has 2 nitrogen and oxygen atoms in total. The van der Waals surface area contributed by atoms with Gasteiger partial charge in [0.1, 0.15) is 0 Å². The molecule has 2 heteroatoms. The third kappa shape index (κ3) is 3.60. The minimum atomic E-state index is -0.240. The Morgan fingerprint density at radius 3 is 2.36 bits per heavy atom. The molecule has 0 aromatic heterocycles. The van der Waals surface area contributed by atoms with Crippen LogP contribution in [0.1, 0.15) is 36.7 Å². The van der Waals surface area contributed by atoms with E-state index in [1.165, 1.54) is 0 Å². The third-order valence-corrected chi connectivity index (χ3v) is 1.64. The average Bonchev–Trinajstić information content (AvgIpc) is 2.22. The molecule has 0 atom stereocenters. The number of hydrogen-bond acceptors (Lipinski definition) is 2. The topological polar surface area (TPSA) is 26.3 Å². The van der Waals surface area contributed by atoms with Crippen LogP contribution in [0.2, 0.25) is 0 Å². The molecule has 0 N–H and O–H groups in total. The lowest BCUT2D eigenvalue weighted by Gasteiger charge is -2.03. The van der Waals surface area contributed by atoms with Crippen LogP contribution in [0.5, 0.6) is 0 Å². The molecule has 0 fully saturated rings. The lowest BCUT2D eigenvalue weighted by molar-refractivity contribution is 0.0525. The SMILES string of the molecule is CC.CCOC(=O)c1ccccc1C. The molecule has 1 aromatic carbocycles.